The highest BCUT2D eigenvalue weighted by molar-refractivity contribution is 7.89. The maximum absolute atomic E-state index is 12.1. The second-order valence-electron chi connectivity index (χ2n) is 3.78. The van der Waals surface area contributed by atoms with E-state index in [1.165, 1.54) is 11.3 Å². The highest BCUT2D eigenvalue weighted by atomic mass is 32.2. The molecule has 0 saturated carbocycles. The van der Waals surface area contributed by atoms with Gasteiger partial charge in [-0.1, -0.05) is 0 Å². The molecule has 7 heteroatoms. The molecule has 1 aromatic rings. The molecule has 1 aromatic heterocycles. The Morgan fingerprint density at radius 2 is 2.22 bits per heavy atom. The number of rotatable bonds is 8. The van der Waals surface area contributed by atoms with Crippen LogP contribution in [0.15, 0.2) is 10.3 Å². The normalized spacial score (nSPS) is 11.9. The first-order chi connectivity index (χ1) is 8.53. The molecule has 0 bridgehead atoms. The van der Waals surface area contributed by atoms with Crippen molar-refractivity contribution in [3.63, 3.8) is 0 Å². The second-order valence-corrected chi connectivity index (χ2v) is 6.45. The maximum atomic E-state index is 12.1. The quantitative estimate of drug-likeness (QED) is 0.707. The number of aliphatic hydroxyl groups is 1. The zero-order valence-electron chi connectivity index (χ0n) is 10.6. The third-order valence-electron chi connectivity index (χ3n) is 2.36. The summed E-state index contributed by atoms with van der Waals surface area (Å²) >= 11 is 1.26. The lowest BCUT2D eigenvalue weighted by Gasteiger charge is -2.08. The van der Waals surface area contributed by atoms with Crippen molar-refractivity contribution < 1.29 is 18.3 Å². The molecule has 0 spiro atoms. The van der Waals surface area contributed by atoms with Crippen LogP contribution in [0.4, 0.5) is 0 Å². The largest absolute Gasteiger partial charge is 0.391 e. The lowest BCUT2D eigenvalue weighted by atomic mass is 10.3. The van der Waals surface area contributed by atoms with Crippen LogP contribution in [0.5, 0.6) is 0 Å². The first-order valence-corrected chi connectivity index (χ1v) is 8.14. The number of ether oxygens (including phenoxy) is 1. The van der Waals surface area contributed by atoms with Gasteiger partial charge in [0.25, 0.3) is 0 Å². The van der Waals surface area contributed by atoms with Crippen LogP contribution in [-0.2, 0) is 21.4 Å². The van der Waals surface area contributed by atoms with Crippen molar-refractivity contribution in [2.24, 2.45) is 0 Å². The predicted molar refractivity (Wildman–Crippen MR) is 71.3 cm³/mol. The molecule has 0 aromatic carbocycles. The molecule has 0 saturated heterocycles. The summed E-state index contributed by atoms with van der Waals surface area (Å²) in [5, 5.41) is 10.9. The molecule has 0 amide bonds. The van der Waals surface area contributed by atoms with E-state index in [2.05, 4.69) is 4.72 Å². The number of thiophene rings is 1. The Morgan fingerprint density at radius 1 is 1.50 bits per heavy atom. The van der Waals surface area contributed by atoms with Gasteiger partial charge in [0.1, 0.15) is 4.90 Å². The van der Waals surface area contributed by atoms with E-state index in [0.717, 1.165) is 0 Å². The van der Waals surface area contributed by atoms with Gasteiger partial charge in [-0.15, -0.1) is 11.3 Å². The summed E-state index contributed by atoms with van der Waals surface area (Å²) in [4.78, 5) is 0.691. The molecule has 2 N–H and O–H groups in total. The standard InChI is InChI=1S/C11H19NO4S2/c1-3-16-6-4-5-12-18(14,15)11-9(2)8-17-10(11)7-13/h8,12-13H,3-7H2,1-2H3. The van der Waals surface area contributed by atoms with E-state index < -0.39 is 10.0 Å². The summed E-state index contributed by atoms with van der Waals surface area (Å²) < 4.78 is 31.8. The smallest absolute Gasteiger partial charge is 0.242 e. The molecule has 1 rings (SSSR count). The molecule has 0 aliphatic carbocycles. The Kier molecular flexibility index (Phi) is 6.24. The third-order valence-corrected chi connectivity index (χ3v) is 5.27. The topological polar surface area (TPSA) is 75.6 Å². The van der Waals surface area contributed by atoms with Crippen molar-refractivity contribution >= 4 is 21.4 Å². The molecule has 0 radical (unpaired) electrons. The summed E-state index contributed by atoms with van der Waals surface area (Å²) in [6, 6.07) is 0. The van der Waals surface area contributed by atoms with Crippen LogP contribution in [0.3, 0.4) is 0 Å². The zero-order chi connectivity index (χ0) is 13.6. The van der Waals surface area contributed by atoms with E-state index in [0.29, 0.717) is 36.6 Å². The second kappa shape index (κ2) is 7.20. The fourth-order valence-corrected chi connectivity index (χ4v) is 4.29. The van der Waals surface area contributed by atoms with Crippen LogP contribution in [0.1, 0.15) is 23.8 Å². The van der Waals surface area contributed by atoms with Crippen LogP contribution < -0.4 is 4.72 Å². The van der Waals surface area contributed by atoms with Gasteiger partial charge in [0.15, 0.2) is 0 Å². The first kappa shape index (κ1) is 15.6. The highest BCUT2D eigenvalue weighted by Crippen LogP contribution is 2.26. The number of sulfonamides is 1. The fourth-order valence-electron chi connectivity index (χ4n) is 1.55. The summed E-state index contributed by atoms with van der Waals surface area (Å²) in [6.45, 7) is 4.87. The minimum Gasteiger partial charge on any atom is -0.391 e. The molecule has 104 valence electrons. The van der Waals surface area contributed by atoms with Crippen molar-refractivity contribution in [1.82, 2.24) is 4.72 Å². The Balaban J connectivity index is 2.65. The highest BCUT2D eigenvalue weighted by Gasteiger charge is 2.21. The third kappa shape index (κ3) is 4.03. The summed E-state index contributed by atoms with van der Waals surface area (Å²) in [7, 11) is -3.53. The van der Waals surface area contributed by atoms with Gasteiger partial charge in [-0.25, -0.2) is 13.1 Å². The molecule has 0 fully saturated rings. The Morgan fingerprint density at radius 3 is 2.83 bits per heavy atom. The lowest BCUT2D eigenvalue weighted by molar-refractivity contribution is 0.146. The van der Waals surface area contributed by atoms with Crippen molar-refractivity contribution in [3.8, 4) is 0 Å². The van der Waals surface area contributed by atoms with Crippen molar-refractivity contribution in [3.05, 3.63) is 15.8 Å². The average molecular weight is 293 g/mol. The van der Waals surface area contributed by atoms with Crippen molar-refractivity contribution in [2.75, 3.05) is 19.8 Å². The number of hydrogen-bond acceptors (Lipinski definition) is 5. The van der Waals surface area contributed by atoms with E-state index in [4.69, 9.17) is 9.84 Å². The average Bonchev–Trinajstić information content (AvgIpc) is 2.71. The summed E-state index contributed by atoms with van der Waals surface area (Å²) in [6.07, 6.45) is 0.630. The molecular weight excluding hydrogens is 274 g/mol. The molecular formula is C11H19NO4S2. The number of aliphatic hydroxyl groups excluding tert-OH is 1. The van der Waals surface area contributed by atoms with E-state index in [-0.39, 0.29) is 11.5 Å². The van der Waals surface area contributed by atoms with Gasteiger partial charge in [-0.3, -0.25) is 0 Å². The number of hydrogen-bond donors (Lipinski definition) is 2. The van der Waals surface area contributed by atoms with E-state index in [1.807, 2.05) is 6.92 Å². The van der Waals surface area contributed by atoms with Gasteiger partial charge in [0, 0.05) is 19.8 Å². The SMILES string of the molecule is CCOCCCNS(=O)(=O)c1c(C)csc1CO. The first-order valence-electron chi connectivity index (χ1n) is 5.78. The maximum Gasteiger partial charge on any atom is 0.242 e. The van der Waals surface area contributed by atoms with Gasteiger partial charge in [-0.05, 0) is 31.2 Å². The van der Waals surface area contributed by atoms with E-state index >= 15 is 0 Å². The summed E-state index contributed by atoms with van der Waals surface area (Å²) in [5.41, 5.74) is 0.668. The monoisotopic (exact) mass is 293 g/mol. The number of aryl methyl sites for hydroxylation is 1. The molecule has 0 aliphatic heterocycles. The van der Waals surface area contributed by atoms with Crippen LogP contribution in [0, 0.1) is 6.92 Å². The van der Waals surface area contributed by atoms with E-state index in [9.17, 15) is 8.42 Å². The summed E-state index contributed by atoms with van der Waals surface area (Å²) in [5.74, 6) is 0. The minimum absolute atomic E-state index is 0.214. The fraction of sp³-hybridized carbons (Fsp3) is 0.636. The van der Waals surface area contributed by atoms with Crippen LogP contribution in [0.2, 0.25) is 0 Å². The van der Waals surface area contributed by atoms with Gasteiger partial charge in [0.05, 0.1) is 11.5 Å². The molecule has 18 heavy (non-hydrogen) atoms. The lowest BCUT2D eigenvalue weighted by Crippen LogP contribution is -2.26. The predicted octanol–water partition coefficient (Wildman–Crippen LogP) is 1.25. The Hall–Kier alpha value is -0.470. The Bertz CT molecular complexity index is 467. The van der Waals surface area contributed by atoms with Crippen LogP contribution in [-0.4, -0.2) is 33.3 Å². The van der Waals surface area contributed by atoms with Crippen LogP contribution in [0.25, 0.3) is 0 Å². The van der Waals surface area contributed by atoms with E-state index in [1.54, 1.807) is 12.3 Å². The minimum atomic E-state index is -3.53. The molecule has 0 unspecified atom stereocenters. The van der Waals surface area contributed by atoms with Gasteiger partial charge < -0.3 is 9.84 Å². The number of nitrogens with one attached hydrogen (secondary N) is 1. The molecule has 0 aliphatic rings. The Labute approximate surface area is 112 Å². The van der Waals surface area contributed by atoms with Crippen molar-refractivity contribution in [2.45, 2.75) is 31.8 Å². The van der Waals surface area contributed by atoms with Gasteiger partial charge in [0.2, 0.25) is 10.0 Å². The molecule has 1 heterocycles. The van der Waals surface area contributed by atoms with Gasteiger partial charge in [-0.2, -0.15) is 0 Å². The van der Waals surface area contributed by atoms with Crippen LogP contribution >= 0.6 is 11.3 Å². The van der Waals surface area contributed by atoms with Crippen molar-refractivity contribution in [1.29, 1.82) is 0 Å². The molecule has 5 nitrogen and oxygen atoms in total. The molecule has 0 atom stereocenters. The zero-order valence-corrected chi connectivity index (χ0v) is 12.2. The van der Waals surface area contributed by atoms with Gasteiger partial charge >= 0.3 is 0 Å².